The van der Waals surface area contributed by atoms with Crippen LogP contribution in [0.5, 0.6) is 0 Å². The number of sulfonamides is 1. The molecular weight excluding hydrogens is 410 g/mol. The second-order valence-electron chi connectivity index (χ2n) is 8.76. The summed E-state index contributed by atoms with van der Waals surface area (Å²) in [5, 5.41) is 0. The Bertz CT molecular complexity index is 1080. The van der Waals surface area contributed by atoms with Gasteiger partial charge in [0.05, 0.1) is 4.90 Å². The van der Waals surface area contributed by atoms with Crippen LogP contribution < -0.4 is 4.90 Å². The van der Waals surface area contributed by atoms with Crippen molar-refractivity contribution in [1.29, 1.82) is 0 Å². The highest BCUT2D eigenvalue weighted by Gasteiger charge is 2.35. The Hall–Kier alpha value is -2.38. The van der Waals surface area contributed by atoms with E-state index < -0.39 is 10.0 Å². The third-order valence-corrected chi connectivity index (χ3v) is 8.59. The summed E-state index contributed by atoms with van der Waals surface area (Å²) in [7, 11) is -1.48. The molecule has 0 atom stereocenters. The van der Waals surface area contributed by atoms with E-state index in [2.05, 4.69) is 24.1 Å². The molecule has 2 heterocycles. The zero-order chi connectivity index (χ0) is 22.2. The molecule has 0 aliphatic carbocycles. The number of carbonyl (C=O) groups is 1. The van der Waals surface area contributed by atoms with Crippen molar-refractivity contribution in [2.24, 2.45) is 5.92 Å². The largest absolute Gasteiger partial charge is 0.373 e. The lowest BCUT2D eigenvalue weighted by atomic mass is 9.96. The minimum atomic E-state index is -3.53. The Labute approximate surface area is 185 Å². The molecule has 1 amide bonds. The highest BCUT2D eigenvalue weighted by Crippen LogP contribution is 2.29. The zero-order valence-corrected chi connectivity index (χ0v) is 19.4. The topological polar surface area (TPSA) is 60.9 Å². The molecular formula is C24H31N3O3S. The van der Waals surface area contributed by atoms with Gasteiger partial charge in [-0.3, -0.25) is 4.79 Å². The second kappa shape index (κ2) is 8.63. The minimum absolute atomic E-state index is 0.124. The molecule has 1 saturated heterocycles. The van der Waals surface area contributed by atoms with Crippen LogP contribution in [0.1, 0.15) is 29.5 Å². The third-order valence-electron chi connectivity index (χ3n) is 6.53. The van der Waals surface area contributed by atoms with Gasteiger partial charge in [0.25, 0.3) is 0 Å². The summed E-state index contributed by atoms with van der Waals surface area (Å²) in [6, 6.07) is 13.6. The molecule has 2 aromatic carbocycles. The molecule has 2 aliphatic rings. The van der Waals surface area contributed by atoms with Gasteiger partial charge in [0, 0.05) is 51.4 Å². The highest BCUT2D eigenvalue weighted by molar-refractivity contribution is 7.89. The van der Waals surface area contributed by atoms with Crippen LogP contribution in [0.2, 0.25) is 0 Å². The summed E-state index contributed by atoms with van der Waals surface area (Å²) >= 11 is 0. The van der Waals surface area contributed by atoms with Gasteiger partial charge in [-0.1, -0.05) is 35.9 Å². The maximum absolute atomic E-state index is 13.3. The molecule has 0 bridgehead atoms. The molecule has 2 aromatic rings. The predicted octanol–water partition coefficient (Wildman–Crippen LogP) is 3.18. The molecule has 1 fully saturated rings. The van der Waals surface area contributed by atoms with E-state index >= 15 is 0 Å². The average Bonchev–Trinajstić information content (AvgIpc) is 2.92. The smallest absolute Gasteiger partial charge is 0.243 e. The SMILES string of the molecule is Cc1ccc(S(=O)(=O)N2CCC(C(=O)N3CCN(C)c4ccccc4C3)CC2)c(C)c1. The summed E-state index contributed by atoms with van der Waals surface area (Å²) in [6.07, 6.45) is 1.13. The van der Waals surface area contributed by atoms with Crippen molar-refractivity contribution in [1.82, 2.24) is 9.21 Å². The van der Waals surface area contributed by atoms with Crippen LogP contribution in [-0.2, 0) is 21.4 Å². The number of carbonyl (C=O) groups excluding carboxylic acids is 1. The van der Waals surface area contributed by atoms with Crippen LogP contribution in [0.3, 0.4) is 0 Å². The number of benzene rings is 2. The Kier molecular flexibility index (Phi) is 6.08. The van der Waals surface area contributed by atoms with Crippen molar-refractivity contribution < 1.29 is 13.2 Å². The van der Waals surface area contributed by atoms with Crippen molar-refractivity contribution in [2.75, 3.05) is 38.1 Å². The zero-order valence-electron chi connectivity index (χ0n) is 18.5. The lowest BCUT2D eigenvalue weighted by Crippen LogP contribution is -2.45. The number of likely N-dealkylation sites (N-methyl/N-ethyl adjacent to an activating group) is 1. The quantitative estimate of drug-likeness (QED) is 0.734. The van der Waals surface area contributed by atoms with Crippen LogP contribution in [0.25, 0.3) is 0 Å². The third kappa shape index (κ3) is 4.34. The normalized spacial score (nSPS) is 18.5. The van der Waals surface area contributed by atoms with Crippen LogP contribution >= 0.6 is 0 Å². The molecule has 0 aromatic heterocycles. The van der Waals surface area contributed by atoms with E-state index in [1.807, 2.05) is 43.0 Å². The van der Waals surface area contributed by atoms with E-state index in [0.717, 1.165) is 23.2 Å². The van der Waals surface area contributed by atoms with Gasteiger partial charge in [-0.25, -0.2) is 8.42 Å². The summed E-state index contributed by atoms with van der Waals surface area (Å²) in [4.78, 5) is 17.8. The molecule has 31 heavy (non-hydrogen) atoms. The lowest BCUT2D eigenvalue weighted by Gasteiger charge is -2.33. The minimum Gasteiger partial charge on any atom is -0.373 e. The average molecular weight is 442 g/mol. The summed E-state index contributed by atoms with van der Waals surface area (Å²) < 4.78 is 27.8. The highest BCUT2D eigenvalue weighted by atomic mass is 32.2. The van der Waals surface area contributed by atoms with Crippen molar-refractivity contribution in [3.05, 3.63) is 59.2 Å². The van der Waals surface area contributed by atoms with E-state index in [4.69, 9.17) is 0 Å². The Morgan fingerprint density at radius 1 is 0.968 bits per heavy atom. The van der Waals surface area contributed by atoms with E-state index in [1.165, 1.54) is 5.69 Å². The second-order valence-corrected chi connectivity index (χ2v) is 10.7. The van der Waals surface area contributed by atoms with Gasteiger partial charge in [0.15, 0.2) is 0 Å². The molecule has 6 nitrogen and oxygen atoms in total. The van der Waals surface area contributed by atoms with E-state index in [9.17, 15) is 13.2 Å². The fourth-order valence-corrected chi connectivity index (χ4v) is 6.39. The Morgan fingerprint density at radius 3 is 2.39 bits per heavy atom. The number of hydrogen-bond acceptors (Lipinski definition) is 4. The number of amides is 1. The number of anilines is 1. The van der Waals surface area contributed by atoms with Crippen LogP contribution in [-0.4, -0.2) is 56.8 Å². The first kappa shape index (κ1) is 21.8. The van der Waals surface area contributed by atoms with Gasteiger partial charge < -0.3 is 9.80 Å². The standard InChI is InChI=1S/C24H31N3O3S/c1-18-8-9-23(19(2)16-18)31(29,30)27-12-10-20(11-13-27)24(28)26-15-14-25(3)22-7-5-4-6-21(22)17-26/h4-9,16,20H,10-15,17H2,1-3H3. The number of nitrogens with zero attached hydrogens (tertiary/aromatic N) is 3. The number of rotatable bonds is 3. The summed E-state index contributed by atoms with van der Waals surface area (Å²) in [5.74, 6) is 0.0230. The van der Waals surface area contributed by atoms with Gasteiger partial charge >= 0.3 is 0 Å². The number of para-hydroxylation sites is 1. The molecule has 0 radical (unpaired) electrons. The fraction of sp³-hybridized carbons (Fsp3) is 0.458. The molecule has 0 unspecified atom stereocenters. The van der Waals surface area contributed by atoms with Crippen molar-refractivity contribution in [3.8, 4) is 0 Å². The molecule has 0 N–H and O–H groups in total. The molecule has 0 saturated carbocycles. The molecule has 166 valence electrons. The fourth-order valence-electron chi connectivity index (χ4n) is 4.71. The Morgan fingerprint density at radius 2 is 1.68 bits per heavy atom. The number of fused-ring (bicyclic) bond motifs is 1. The van der Waals surface area contributed by atoms with Crippen molar-refractivity contribution in [3.63, 3.8) is 0 Å². The first-order valence-electron chi connectivity index (χ1n) is 10.9. The van der Waals surface area contributed by atoms with Gasteiger partial charge in [-0.2, -0.15) is 4.31 Å². The number of piperidine rings is 1. The van der Waals surface area contributed by atoms with Crippen LogP contribution in [0, 0.1) is 19.8 Å². The van der Waals surface area contributed by atoms with E-state index in [1.54, 1.807) is 10.4 Å². The summed E-state index contributed by atoms with van der Waals surface area (Å²) in [5.41, 5.74) is 4.15. The molecule has 2 aliphatic heterocycles. The molecule has 7 heteroatoms. The van der Waals surface area contributed by atoms with E-state index in [-0.39, 0.29) is 11.8 Å². The lowest BCUT2D eigenvalue weighted by molar-refractivity contribution is -0.137. The van der Waals surface area contributed by atoms with E-state index in [0.29, 0.717) is 43.9 Å². The maximum Gasteiger partial charge on any atom is 0.243 e. The number of hydrogen-bond donors (Lipinski definition) is 0. The van der Waals surface area contributed by atoms with Gasteiger partial charge in [0.1, 0.15) is 0 Å². The maximum atomic E-state index is 13.3. The summed E-state index contributed by atoms with van der Waals surface area (Å²) in [6.45, 7) is 6.66. The Balaban J connectivity index is 1.43. The number of aryl methyl sites for hydroxylation is 2. The first-order chi connectivity index (χ1) is 14.8. The monoisotopic (exact) mass is 441 g/mol. The van der Waals surface area contributed by atoms with Crippen LogP contribution in [0.15, 0.2) is 47.4 Å². The van der Waals surface area contributed by atoms with Gasteiger partial charge in [-0.05, 0) is 49.9 Å². The van der Waals surface area contributed by atoms with Gasteiger partial charge in [-0.15, -0.1) is 0 Å². The van der Waals surface area contributed by atoms with Crippen LogP contribution in [0.4, 0.5) is 5.69 Å². The van der Waals surface area contributed by atoms with Crippen molar-refractivity contribution in [2.45, 2.75) is 38.1 Å². The first-order valence-corrected chi connectivity index (χ1v) is 12.4. The van der Waals surface area contributed by atoms with Gasteiger partial charge in [0.2, 0.25) is 15.9 Å². The predicted molar refractivity (Wildman–Crippen MR) is 123 cm³/mol. The van der Waals surface area contributed by atoms with Crippen molar-refractivity contribution >= 4 is 21.6 Å². The molecule has 4 rings (SSSR count). The molecule has 0 spiro atoms.